The van der Waals surface area contributed by atoms with E-state index in [1.807, 2.05) is 0 Å². The van der Waals surface area contributed by atoms with E-state index in [0.717, 1.165) is 12.1 Å². The number of hydrogen-bond donors (Lipinski definition) is 3. The van der Waals surface area contributed by atoms with E-state index < -0.39 is 30.4 Å². The van der Waals surface area contributed by atoms with Crippen LogP contribution < -0.4 is 10.1 Å². The summed E-state index contributed by atoms with van der Waals surface area (Å²) < 4.78 is 44.8. The van der Waals surface area contributed by atoms with E-state index in [-0.39, 0.29) is 12.2 Å². The second-order valence-electron chi connectivity index (χ2n) is 7.78. The van der Waals surface area contributed by atoms with Crippen molar-refractivity contribution in [1.82, 2.24) is 4.98 Å². The predicted octanol–water partition coefficient (Wildman–Crippen LogP) is 4.90. The van der Waals surface area contributed by atoms with Crippen molar-refractivity contribution in [1.29, 1.82) is 0 Å². The van der Waals surface area contributed by atoms with E-state index in [2.05, 4.69) is 10.3 Å². The molecule has 6 nitrogen and oxygen atoms in total. The van der Waals surface area contributed by atoms with E-state index in [1.54, 1.807) is 54.6 Å². The monoisotopic (exact) mass is 482 g/mol. The van der Waals surface area contributed by atoms with Crippen molar-refractivity contribution in [3.8, 4) is 17.0 Å². The van der Waals surface area contributed by atoms with Crippen LogP contribution >= 0.6 is 0 Å². The second kappa shape index (κ2) is 10.1. The Morgan fingerprint density at radius 1 is 1.00 bits per heavy atom. The lowest BCUT2D eigenvalue weighted by atomic mass is 10.1. The quantitative estimate of drug-likeness (QED) is 0.348. The number of aliphatic hydroxyl groups excluding tert-OH is 2. The minimum absolute atomic E-state index is 0.132. The fraction of sp³-hybridized carbons (Fsp3) is 0.154. The number of carbonyl (C=O) groups is 1. The molecule has 1 atom stereocenters. The smallest absolute Gasteiger partial charge is 0.416 e. The van der Waals surface area contributed by atoms with Crippen molar-refractivity contribution in [3.63, 3.8) is 0 Å². The van der Waals surface area contributed by atoms with Crippen LogP contribution in [-0.2, 0) is 6.18 Å². The van der Waals surface area contributed by atoms with Gasteiger partial charge in [0.1, 0.15) is 18.5 Å². The number of amides is 1. The molecule has 1 aromatic heterocycles. The molecule has 9 heteroatoms. The summed E-state index contributed by atoms with van der Waals surface area (Å²) in [5.74, 6) is -0.107. The van der Waals surface area contributed by atoms with Crippen LogP contribution in [0, 0.1) is 0 Å². The van der Waals surface area contributed by atoms with E-state index in [9.17, 15) is 23.1 Å². The maximum absolute atomic E-state index is 13.1. The molecule has 3 N–H and O–H groups in total. The Hall–Kier alpha value is -3.95. The SMILES string of the molecule is O=C(Nc1cccc2ccc(-c3cccc(C(F)(F)F)c3)nc12)c1cccc(OCC(O)CO)c1. The first-order valence-electron chi connectivity index (χ1n) is 10.6. The Balaban J connectivity index is 1.62. The molecule has 0 saturated heterocycles. The Kier molecular flexibility index (Phi) is 6.99. The molecule has 3 aromatic carbocycles. The van der Waals surface area contributed by atoms with Gasteiger partial charge in [0.15, 0.2) is 0 Å². The highest BCUT2D eigenvalue weighted by Crippen LogP contribution is 2.33. The van der Waals surface area contributed by atoms with E-state index in [0.29, 0.717) is 33.6 Å². The predicted molar refractivity (Wildman–Crippen MR) is 125 cm³/mol. The third-order valence-corrected chi connectivity index (χ3v) is 5.20. The van der Waals surface area contributed by atoms with Gasteiger partial charge in [-0.1, -0.05) is 36.4 Å². The molecule has 0 aliphatic carbocycles. The maximum atomic E-state index is 13.1. The first kappa shape index (κ1) is 24.2. The van der Waals surface area contributed by atoms with Gasteiger partial charge in [-0.25, -0.2) is 4.98 Å². The van der Waals surface area contributed by atoms with Gasteiger partial charge in [0.25, 0.3) is 5.91 Å². The number of aliphatic hydroxyl groups is 2. The van der Waals surface area contributed by atoms with Crippen molar-refractivity contribution >= 4 is 22.5 Å². The molecule has 0 radical (unpaired) electrons. The van der Waals surface area contributed by atoms with Crippen molar-refractivity contribution in [2.24, 2.45) is 0 Å². The van der Waals surface area contributed by atoms with Crippen molar-refractivity contribution in [2.75, 3.05) is 18.5 Å². The number of anilines is 1. The Labute approximate surface area is 198 Å². The number of para-hydroxylation sites is 1. The normalized spacial score (nSPS) is 12.4. The molecule has 0 spiro atoms. The lowest BCUT2D eigenvalue weighted by Gasteiger charge is -2.12. The Morgan fingerprint density at radius 2 is 1.77 bits per heavy atom. The number of ether oxygens (including phenoxy) is 1. The largest absolute Gasteiger partial charge is 0.491 e. The molecule has 0 fully saturated rings. The zero-order valence-electron chi connectivity index (χ0n) is 18.3. The molecular weight excluding hydrogens is 461 g/mol. The number of alkyl halides is 3. The number of fused-ring (bicyclic) bond motifs is 1. The number of nitrogens with zero attached hydrogens (tertiary/aromatic N) is 1. The molecule has 1 amide bonds. The standard InChI is InChI=1S/C26H21F3N2O4/c27-26(28,29)19-7-1-5-17(12-19)22-11-10-16-4-3-9-23(24(16)30-22)31-25(34)18-6-2-8-21(13-18)35-15-20(33)14-32/h1-13,20,32-33H,14-15H2,(H,31,34). The Bertz CT molecular complexity index is 1360. The molecule has 4 rings (SSSR count). The van der Waals surface area contributed by atoms with E-state index >= 15 is 0 Å². The summed E-state index contributed by atoms with van der Waals surface area (Å²) in [5.41, 5.74) is 0.970. The summed E-state index contributed by atoms with van der Waals surface area (Å²) in [6, 6.07) is 19.7. The number of hydrogen-bond acceptors (Lipinski definition) is 5. The maximum Gasteiger partial charge on any atom is 0.416 e. The van der Waals surface area contributed by atoms with Crippen LogP contribution in [0.25, 0.3) is 22.2 Å². The van der Waals surface area contributed by atoms with Gasteiger partial charge < -0.3 is 20.3 Å². The molecule has 0 aliphatic heterocycles. The first-order valence-corrected chi connectivity index (χ1v) is 10.6. The molecule has 0 aliphatic rings. The van der Waals surface area contributed by atoms with Gasteiger partial charge >= 0.3 is 6.18 Å². The van der Waals surface area contributed by atoms with Gasteiger partial charge in [-0.15, -0.1) is 0 Å². The fourth-order valence-corrected chi connectivity index (χ4v) is 3.43. The number of benzene rings is 3. The molecule has 35 heavy (non-hydrogen) atoms. The van der Waals surface area contributed by atoms with Gasteiger partial charge in [0.05, 0.1) is 29.1 Å². The van der Waals surface area contributed by atoms with Gasteiger partial charge in [-0.2, -0.15) is 13.2 Å². The third kappa shape index (κ3) is 5.76. The van der Waals surface area contributed by atoms with Crippen molar-refractivity contribution in [3.05, 3.63) is 90.0 Å². The molecular formula is C26H21F3N2O4. The van der Waals surface area contributed by atoms with Gasteiger partial charge in [0, 0.05) is 16.5 Å². The lowest BCUT2D eigenvalue weighted by molar-refractivity contribution is -0.137. The summed E-state index contributed by atoms with van der Waals surface area (Å²) in [5, 5.41) is 21.8. The molecule has 4 aromatic rings. The zero-order chi connectivity index (χ0) is 25.0. The Morgan fingerprint density at radius 3 is 2.54 bits per heavy atom. The zero-order valence-corrected chi connectivity index (χ0v) is 18.3. The number of pyridine rings is 1. The highest BCUT2D eigenvalue weighted by molar-refractivity contribution is 6.08. The average molecular weight is 482 g/mol. The minimum atomic E-state index is -4.47. The highest BCUT2D eigenvalue weighted by Gasteiger charge is 2.30. The van der Waals surface area contributed by atoms with Gasteiger partial charge in [-0.05, 0) is 42.5 Å². The third-order valence-electron chi connectivity index (χ3n) is 5.20. The molecule has 0 bridgehead atoms. The number of nitrogens with one attached hydrogen (secondary N) is 1. The topological polar surface area (TPSA) is 91.7 Å². The lowest BCUT2D eigenvalue weighted by Crippen LogP contribution is -2.21. The van der Waals surface area contributed by atoms with Crippen molar-refractivity contribution in [2.45, 2.75) is 12.3 Å². The average Bonchev–Trinajstić information content (AvgIpc) is 2.87. The summed E-state index contributed by atoms with van der Waals surface area (Å²) in [7, 11) is 0. The first-order chi connectivity index (χ1) is 16.7. The minimum Gasteiger partial charge on any atom is -0.491 e. The fourth-order valence-electron chi connectivity index (χ4n) is 3.43. The van der Waals surface area contributed by atoms with E-state index in [4.69, 9.17) is 9.84 Å². The number of rotatable bonds is 7. The second-order valence-corrected chi connectivity index (χ2v) is 7.78. The van der Waals surface area contributed by atoms with Gasteiger partial charge in [0.2, 0.25) is 0 Å². The molecule has 1 heterocycles. The van der Waals surface area contributed by atoms with Crippen LogP contribution in [0.5, 0.6) is 5.75 Å². The summed E-state index contributed by atoms with van der Waals surface area (Å²) >= 11 is 0. The van der Waals surface area contributed by atoms with Crippen LogP contribution in [0.15, 0.2) is 78.9 Å². The van der Waals surface area contributed by atoms with Crippen LogP contribution in [0.4, 0.5) is 18.9 Å². The molecule has 180 valence electrons. The van der Waals surface area contributed by atoms with Crippen LogP contribution in [-0.4, -0.2) is 40.4 Å². The number of halogens is 3. The summed E-state index contributed by atoms with van der Waals surface area (Å²) in [6.07, 6.45) is -5.51. The summed E-state index contributed by atoms with van der Waals surface area (Å²) in [4.78, 5) is 17.4. The number of aromatic nitrogens is 1. The molecule has 0 saturated carbocycles. The molecule has 1 unspecified atom stereocenters. The van der Waals surface area contributed by atoms with Crippen LogP contribution in [0.3, 0.4) is 0 Å². The highest BCUT2D eigenvalue weighted by atomic mass is 19.4. The van der Waals surface area contributed by atoms with Crippen LogP contribution in [0.2, 0.25) is 0 Å². The summed E-state index contributed by atoms with van der Waals surface area (Å²) in [6.45, 7) is -0.579. The van der Waals surface area contributed by atoms with Crippen LogP contribution in [0.1, 0.15) is 15.9 Å². The van der Waals surface area contributed by atoms with Gasteiger partial charge in [-0.3, -0.25) is 4.79 Å². The van der Waals surface area contributed by atoms with Crippen molar-refractivity contribution < 1.29 is 32.9 Å². The van der Waals surface area contributed by atoms with E-state index in [1.165, 1.54) is 12.1 Å². The number of carbonyl (C=O) groups excluding carboxylic acids is 1.